The van der Waals surface area contributed by atoms with Crippen LogP contribution < -0.4 is 10.6 Å². The van der Waals surface area contributed by atoms with E-state index in [0.29, 0.717) is 24.4 Å². The largest absolute Gasteiger partial charge is 0.376 e. The van der Waals surface area contributed by atoms with Gasteiger partial charge in [-0.15, -0.1) is 0 Å². The molecular weight excluding hydrogens is 316 g/mol. The molecule has 3 nitrogen and oxygen atoms in total. The summed E-state index contributed by atoms with van der Waals surface area (Å²) < 4.78 is 1.04. The molecule has 1 saturated carbocycles. The van der Waals surface area contributed by atoms with Crippen LogP contribution in [0.2, 0.25) is 0 Å². The Morgan fingerprint density at radius 3 is 2.65 bits per heavy atom. The first-order valence-corrected chi connectivity index (χ1v) is 8.14. The Morgan fingerprint density at radius 2 is 1.95 bits per heavy atom. The molecule has 0 spiro atoms. The van der Waals surface area contributed by atoms with Gasteiger partial charge in [-0.3, -0.25) is 4.79 Å². The lowest BCUT2D eigenvalue weighted by molar-refractivity contribution is -0.120. The van der Waals surface area contributed by atoms with E-state index >= 15 is 0 Å². The molecule has 1 fully saturated rings. The maximum absolute atomic E-state index is 12.0. The van der Waals surface area contributed by atoms with Crippen molar-refractivity contribution in [3.05, 3.63) is 28.7 Å². The number of halogens is 1. The van der Waals surface area contributed by atoms with Gasteiger partial charge in [0.25, 0.3) is 0 Å². The third-order valence-corrected chi connectivity index (χ3v) is 4.88. The first kappa shape index (κ1) is 15.4. The van der Waals surface area contributed by atoms with Crippen LogP contribution in [-0.4, -0.2) is 18.5 Å². The Bertz CT molecular complexity index is 446. The summed E-state index contributed by atoms with van der Waals surface area (Å²) in [6, 6.07) is 8.18. The van der Waals surface area contributed by atoms with Crippen LogP contribution >= 0.6 is 15.9 Å². The van der Waals surface area contributed by atoms with Gasteiger partial charge in [0.15, 0.2) is 0 Å². The topological polar surface area (TPSA) is 41.1 Å². The number of benzene rings is 1. The normalized spacial score (nSPS) is 26.1. The molecule has 0 aliphatic heterocycles. The Hall–Kier alpha value is -1.03. The molecule has 2 rings (SSSR count). The fourth-order valence-electron chi connectivity index (χ4n) is 2.79. The predicted molar refractivity (Wildman–Crippen MR) is 86.7 cm³/mol. The minimum absolute atomic E-state index is 0.0823. The summed E-state index contributed by atoms with van der Waals surface area (Å²) in [5.41, 5.74) is 0.966. The maximum Gasteiger partial charge on any atom is 0.239 e. The van der Waals surface area contributed by atoms with Crippen molar-refractivity contribution in [3.8, 4) is 0 Å². The standard InChI is InChI=1S/C16H23BrN2O/c1-11-4-3-5-15(12(11)2)19-16(20)10-18-14-8-6-13(17)7-9-14/h6-9,11-12,15,18H,3-5,10H2,1-2H3,(H,19,20)/t11-,12+,15-/m0/s1. The van der Waals surface area contributed by atoms with E-state index in [-0.39, 0.29) is 5.91 Å². The Kier molecular flexibility index (Phi) is 5.46. The molecular formula is C16H23BrN2O. The first-order chi connectivity index (χ1) is 9.56. The number of carbonyl (C=O) groups is 1. The highest BCUT2D eigenvalue weighted by Crippen LogP contribution is 2.29. The average Bonchev–Trinajstić information content (AvgIpc) is 2.43. The van der Waals surface area contributed by atoms with E-state index < -0.39 is 0 Å². The van der Waals surface area contributed by atoms with Gasteiger partial charge in [-0.1, -0.05) is 42.6 Å². The van der Waals surface area contributed by atoms with E-state index in [2.05, 4.69) is 40.4 Å². The van der Waals surface area contributed by atoms with Crippen molar-refractivity contribution in [2.75, 3.05) is 11.9 Å². The van der Waals surface area contributed by atoms with Crippen molar-refractivity contribution in [3.63, 3.8) is 0 Å². The van der Waals surface area contributed by atoms with Crippen LogP contribution in [0.4, 0.5) is 5.69 Å². The predicted octanol–water partition coefficient (Wildman–Crippen LogP) is 3.80. The van der Waals surface area contributed by atoms with Gasteiger partial charge in [0.1, 0.15) is 0 Å². The molecule has 1 amide bonds. The number of amides is 1. The number of anilines is 1. The summed E-state index contributed by atoms with van der Waals surface area (Å²) in [5.74, 6) is 1.35. The quantitative estimate of drug-likeness (QED) is 0.876. The van der Waals surface area contributed by atoms with Gasteiger partial charge in [0.2, 0.25) is 5.91 Å². The van der Waals surface area contributed by atoms with Crippen LogP contribution in [0.3, 0.4) is 0 Å². The average molecular weight is 339 g/mol. The molecule has 1 aromatic rings. The SMILES string of the molecule is C[C@H]1[C@@H](NC(=O)CNc2ccc(Br)cc2)CCC[C@@H]1C. The van der Waals surface area contributed by atoms with Crippen molar-refractivity contribution in [2.45, 2.75) is 39.2 Å². The zero-order valence-electron chi connectivity index (χ0n) is 12.2. The van der Waals surface area contributed by atoms with Crippen LogP contribution in [0.25, 0.3) is 0 Å². The molecule has 0 unspecified atom stereocenters. The van der Waals surface area contributed by atoms with Crippen LogP contribution in [0.15, 0.2) is 28.7 Å². The molecule has 1 aliphatic carbocycles. The molecule has 2 N–H and O–H groups in total. The third-order valence-electron chi connectivity index (χ3n) is 4.35. The summed E-state index contributed by atoms with van der Waals surface area (Å²) in [5, 5.41) is 6.32. The lowest BCUT2D eigenvalue weighted by Gasteiger charge is -2.34. The molecule has 4 heteroatoms. The van der Waals surface area contributed by atoms with Gasteiger partial charge in [0, 0.05) is 16.2 Å². The van der Waals surface area contributed by atoms with Gasteiger partial charge >= 0.3 is 0 Å². The number of nitrogens with one attached hydrogen (secondary N) is 2. The van der Waals surface area contributed by atoms with Crippen LogP contribution in [0.1, 0.15) is 33.1 Å². The first-order valence-electron chi connectivity index (χ1n) is 7.35. The van der Waals surface area contributed by atoms with Crippen LogP contribution in [-0.2, 0) is 4.79 Å². The zero-order chi connectivity index (χ0) is 14.5. The Morgan fingerprint density at radius 1 is 1.25 bits per heavy atom. The van der Waals surface area contributed by atoms with E-state index in [1.54, 1.807) is 0 Å². The number of hydrogen-bond donors (Lipinski definition) is 2. The van der Waals surface area contributed by atoms with Crippen molar-refractivity contribution >= 4 is 27.5 Å². The van der Waals surface area contributed by atoms with Crippen molar-refractivity contribution in [1.29, 1.82) is 0 Å². The minimum Gasteiger partial charge on any atom is -0.376 e. The third kappa shape index (κ3) is 4.23. The fourth-order valence-corrected chi connectivity index (χ4v) is 3.06. The van der Waals surface area contributed by atoms with Gasteiger partial charge in [-0.2, -0.15) is 0 Å². The smallest absolute Gasteiger partial charge is 0.239 e. The van der Waals surface area contributed by atoms with Crippen LogP contribution in [0.5, 0.6) is 0 Å². The van der Waals surface area contributed by atoms with E-state index in [1.807, 2.05) is 24.3 Å². The van der Waals surface area contributed by atoms with Gasteiger partial charge in [-0.25, -0.2) is 0 Å². The van der Waals surface area contributed by atoms with E-state index in [4.69, 9.17) is 0 Å². The summed E-state index contributed by atoms with van der Waals surface area (Å²) in [6.07, 6.45) is 3.61. The van der Waals surface area contributed by atoms with Crippen molar-refractivity contribution in [1.82, 2.24) is 5.32 Å². The lowest BCUT2D eigenvalue weighted by Crippen LogP contribution is -2.45. The summed E-state index contributed by atoms with van der Waals surface area (Å²) >= 11 is 3.40. The van der Waals surface area contributed by atoms with Crippen molar-refractivity contribution < 1.29 is 4.79 Å². The number of rotatable bonds is 4. The van der Waals surface area contributed by atoms with E-state index in [1.165, 1.54) is 12.8 Å². The summed E-state index contributed by atoms with van der Waals surface area (Å²) in [4.78, 5) is 12.0. The monoisotopic (exact) mass is 338 g/mol. The molecule has 0 aromatic heterocycles. The zero-order valence-corrected chi connectivity index (χ0v) is 13.7. The molecule has 0 radical (unpaired) electrons. The fraction of sp³-hybridized carbons (Fsp3) is 0.562. The number of carbonyl (C=O) groups excluding carboxylic acids is 1. The molecule has 110 valence electrons. The minimum atomic E-state index is 0.0823. The molecule has 0 saturated heterocycles. The van der Waals surface area contributed by atoms with Gasteiger partial charge < -0.3 is 10.6 Å². The Labute approximate surface area is 129 Å². The molecule has 0 bridgehead atoms. The molecule has 1 aromatic carbocycles. The van der Waals surface area contributed by atoms with E-state index in [9.17, 15) is 4.79 Å². The summed E-state index contributed by atoms with van der Waals surface area (Å²) in [7, 11) is 0. The highest BCUT2D eigenvalue weighted by Gasteiger charge is 2.27. The highest BCUT2D eigenvalue weighted by molar-refractivity contribution is 9.10. The van der Waals surface area contributed by atoms with Crippen molar-refractivity contribution in [2.24, 2.45) is 11.8 Å². The highest BCUT2D eigenvalue weighted by atomic mass is 79.9. The van der Waals surface area contributed by atoms with Crippen LogP contribution in [0, 0.1) is 11.8 Å². The van der Waals surface area contributed by atoms with Gasteiger partial charge in [-0.05, 0) is 42.5 Å². The maximum atomic E-state index is 12.0. The lowest BCUT2D eigenvalue weighted by atomic mass is 9.78. The molecule has 3 atom stereocenters. The van der Waals surface area contributed by atoms with E-state index in [0.717, 1.165) is 16.6 Å². The summed E-state index contributed by atoms with van der Waals surface area (Å²) in [6.45, 7) is 4.86. The second-order valence-corrected chi connectivity index (χ2v) is 6.72. The molecule has 0 heterocycles. The molecule has 20 heavy (non-hydrogen) atoms. The second kappa shape index (κ2) is 7.11. The Balaban J connectivity index is 1.79. The second-order valence-electron chi connectivity index (χ2n) is 5.80. The number of hydrogen-bond acceptors (Lipinski definition) is 2. The van der Waals surface area contributed by atoms with Gasteiger partial charge in [0.05, 0.1) is 6.54 Å². The molecule has 1 aliphatic rings.